The van der Waals surface area contributed by atoms with Crippen molar-refractivity contribution in [1.82, 2.24) is 0 Å². The first kappa shape index (κ1) is 24.2. The van der Waals surface area contributed by atoms with Gasteiger partial charge in [0, 0.05) is 0 Å². The van der Waals surface area contributed by atoms with Gasteiger partial charge in [-0.05, 0) is 37.8 Å². The number of hydrogen-bond donors (Lipinski definition) is 0. The molecule has 1 aromatic carbocycles. The average Bonchev–Trinajstić information content (AvgIpc) is 2.65. The molecule has 3 nitrogen and oxygen atoms in total. The molecule has 0 saturated heterocycles. The third-order valence-electron chi connectivity index (χ3n) is 5.07. The number of benzene rings is 1. The van der Waals surface area contributed by atoms with Crippen molar-refractivity contribution < 1.29 is 13.6 Å². The van der Waals surface area contributed by atoms with Crippen LogP contribution in [0.2, 0.25) is 0 Å². The van der Waals surface area contributed by atoms with E-state index in [9.17, 15) is 4.57 Å². The second-order valence-corrected chi connectivity index (χ2v) is 9.71. The first-order valence-corrected chi connectivity index (χ1v) is 12.8. The van der Waals surface area contributed by atoms with E-state index >= 15 is 0 Å². The first-order chi connectivity index (χ1) is 13.0. The van der Waals surface area contributed by atoms with Crippen LogP contribution in [0.5, 0.6) is 5.75 Å². The van der Waals surface area contributed by atoms with Crippen LogP contribution in [-0.2, 0) is 9.09 Å². The molecule has 0 heterocycles. The Balaban J connectivity index is 2.69. The van der Waals surface area contributed by atoms with Crippen molar-refractivity contribution in [3.8, 4) is 5.75 Å². The minimum Gasteiger partial charge on any atom is -0.424 e. The van der Waals surface area contributed by atoms with Crippen LogP contribution in [-0.4, -0.2) is 12.3 Å². The second kappa shape index (κ2) is 14.2. The van der Waals surface area contributed by atoms with Crippen LogP contribution in [0.4, 0.5) is 0 Å². The summed E-state index contributed by atoms with van der Waals surface area (Å²) >= 11 is 0. The molecule has 0 radical (unpaired) electrons. The van der Waals surface area contributed by atoms with Crippen LogP contribution in [0, 0.1) is 5.92 Å². The number of hydrogen-bond acceptors (Lipinski definition) is 3. The molecular formula is C23H41O3P. The normalized spacial score (nSPS) is 15.9. The van der Waals surface area contributed by atoms with Gasteiger partial charge in [-0.1, -0.05) is 90.3 Å². The van der Waals surface area contributed by atoms with Gasteiger partial charge in [0.25, 0.3) is 0 Å². The highest BCUT2D eigenvalue weighted by Gasteiger charge is 2.32. The molecule has 1 rings (SSSR count). The molecule has 0 spiro atoms. The summed E-state index contributed by atoms with van der Waals surface area (Å²) in [6, 6.07) is 9.47. The summed E-state index contributed by atoms with van der Waals surface area (Å²) in [5.74, 6) is 1.03. The predicted octanol–water partition coefficient (Wildman–Crippen LogP) is 8.24. The summed E-state index contributed by atoms with van der Waals surface area (Å²) in [7, 11) is -3.17. The fourth-order valence-corrected chi connectivity index (χ4v) is 5.71. The Hall–Kier alpha value is -0.790. The van der Waals surface area contributed by atoms with Crippen molar-refractivity contribution in [2.45, 2.75) is 98.0 Å². The Morgan fingerprint density at radius 3 is 2.19 bits per heavy atom. The smallest absolute Gasteiger partial charge is 0.379 e. The van der Waals surface area contributed by atoms with Crippen LogP contribution in [0.25, 0.3) is 0 Å². The Morgan fingerprint density at radius 1 is 0.889 bits per heavy atom. The lowest BCUT2D eigenvalue weighted by molar-refractivity contribution is 0.177. The first-order valence-electron chi connectivity index (χ1n) is 11.0. The van der Waals surface area contributed by atoms with E-state index < -0.39 is 7.60 Å². The summed E-state index contributed by atoms with van der Waals surface area (Å²) in [6.07, 6.45) is 12.0. The van der Waals surface area contributed by atoms with E-state index in [1.165, 1.54) is 25.7 Å². The van der Waals surface area contributed by atoms with E-state index in [1.54, 1.807) is 0 Å². The summed E-state index contributed by atoms with van der Waals surface area (Å²) in [5, 5.41) is 0. The van der Waals surface area contributed by atoms with Gasteiger partial charge in [0.2, 0.25) is 0 Å². The van der Waals surface area contributed by atoms with Gasteiger partial charge < -0.3 is 4.52 Å². The third kappa shape index (κ3) is 11.0. The average molecular weight is 397 g/mol. The zero-order valence-electron chi connectivity index (χ0n) is 18.0. The van der Waals surface area contributed by atoms with Gasteiger partial charge in [-0.3, -0.25) is 4.52 Å². The maximum absolute atomic E-state index is 13.6. The van der Waals surface area contributed by atoms with Crippen molar-refractivity contribution >= 4 is 7.60 Å². The zero-order chi connectivity index (χ0) is 20.0. The molecule has 3 atom stereocenters. The molecule has 3 unspecified atom stereocenters. The second-order valence-electron chi connectivity index (χ2n) is 7.73. The molecule has 0 bridgehead atoms. The Labute approximate surface area is 167 Å². The molecule has 0 amide bonds. The monoisotopic (exact) mass is 396 g/mol. The predicted molar refractivity (Wildman–Crippen MR) is 117 cm³/mol. The molecular weight excluding hydrogens is 355 g/mol. The summed E-state index contributed by atoms with van der Waals surface area (Å²) in [4.78, 5) is 0. The van der Waals surface area contributed by atoms with Gasteiger partial charge in [-0.2, -0.15) is 0 Å². The fourth-order valence-electron chi connectivity index (χ4n) is 3.34. The summed E-state index contributed by atoms with van der Waals surface area (Å²) in [5.41, 5.74) is 0. The zero-order valence-corrected chi connectivity index (χ0v) is 18.9. The molecule has 0 aromatic heterocycles. The van der Waals surface area contributed by atoms with Gasteiger partial charge in [0.05, 0.1) is 12.3 Å². The largest absolute Gasteiger partial charge is 0.424 e. The van der Waals surface area contributed by atoms with E-state index in [-0.39, 0.29) is 6.10 Å². The standard InChI is InChI=1S/C23H41O3P/c1-5-8-10-11-13-16-21(4)25-27(24,20-22(7-3)17-9-6-2)26-23-18-14-12-15-19-23/h12,14-15,18-19,21-22H,5-11,13,16-17,20H2,1-4H3. The maximum Gasteiger partial charge on any atom is 0.379 e. The van der Waals surface area contributed by atoms with Crippen molar-refractivity contribution in [3.63, 3.8) is 0 Å². The van der Waals surface area contributed by atoms with Gasteiger partial charge >= 0.3 is 7.60 Å². The van der Waals surface area contributed by atoms with Crippen LogP contribution < -0.4 is 4.52 Å². The molecule has 0 aliphatic rings. The molecule has 0 saturated carbocycles. The van der Waals surface area contributed by atoms with Crippen LogP contribution >= 0.6 is 7.60 Å². The lowest BCUT2D eigenvalue weighted by atomic mass is 10.0. The van der Waals surface area contributed by atoms with Gasteiger partial charge in [-0.25, -0.2) is 4.57 Å². The van der Waals surface area contributed by atoms with E-state index in [1.807, 2.05) is 37.3 Å². The Kier molecular flexibility index (Phi) is 12.8. The van der Waals surface area contributed by atoms with E-state index in [0.717, 1.165) is 38.5 Å². The summed E-state index contributed by atoms with van der Waals surface area (Å²) in [6.45, 7) is 8.63. The minimum atomic E-state index is -3.17. The van der Waals surface area contributed by atoms with Crippen LogP contribution in [0.1, 0.15) is 91.9 Å². The Morgan fingerprint density at radius 2 is 1.56 bits per heavy atom. The highest BCUT2D eigenvalue weighted by molar-refractivity contribution is 7.54. The maximum atomic E-state index is 13.6. The van der Waals surface area contributed by atoms with Crippen molar-refractivity contribution in [1.29, 1.82) is 0 Å². The van der Waals surface area contributed by atoms with Gasteiger partial charge in [0.1, 0.15) is 5.75 Å². The highest BCUT2D eigenvalue weighted by atomic mass is 31.2. The van der Waals surface area contributed by atoms with Crippen LogP contribution in [0.3, 0.4) is 0 Å². The molecule has 4 heteroatoms. The van der Waals surface area contributed by atoms with E-state index in [2.05, 4.69) is 20.8 Å². The van der Waals surface area contributed by atoms with Crippen molar-refractivity contribution in [2.24, 2.45) is 5.92 Å². The number of unbranched alkanes of at least 4 members (excludes halogenated alkanes) is 5. The number of para-hydroxylation sites is 1. The highest BCUT2D eigenvalue weighted by Crippen LogP contribution is 2.52. The lowest BCUT2D eigenvalue weighted by Crippen LogP contribution is -2.16. The quantitative estimate of drug-likeness (QED) is 0.208. The Bertz CT molecular complexity index is 518. The van der Waals surface area contributed by atoms with Crippen molar-refractivity contribution in [2.75, 3.05) is 6.16 Å². The molecule has 27 heavy (non-hydrogen) atoms. The number of rotatable bonds is 16. The fraction of sp³-hybridized carbons (Fsp3) is 0.739. The lowest BCUT2D eigenvalue weighted by Gasteiger charge is -2.26. The van der Waals surface area contributed by atoms with Gasteiger partial charge in [0.15, 0.2) is 0 Å². The van der Waals surface area contributed by atoms with E-state index in [4.69, 9.17) is 9.05 Å². The SMILES string of the molecule is CCCCCCCC(C)OP(=O)(CC(CC)CCCC)Oc1ccccc1. The molecule has 156 valence electrons. The van der Waals surface area contributed by atoms with Crippen LogP contribution in [0.15, 0.2) is 30.3 Å². The molecule has 1 aromatic rings. The molecule has 0 fully saturated rings. The molecule has 0 aliphatic heterocycles. The van der Waals surface area contributed by atoms with E-state index in [0.29, 0.717) is 17.8 Å². The molecule has 0 N–H and O–H groups in total. The minimum absolute atomic E-state index is 0.0372. The molecule has 0 aliphatic carbocycles. The third-order valence-corrected chi connectivity index (χ3v) is 7.20. The van der Waals surface area contributed by atoms with Gasteiger partial charge in [-0.15, -0.1) is 0 Å². The van der Waals surface area contributed by atoms with Crippen molar-refractivity contribution in [3.05, 3.63) is 30.3 Å². The topological polar surface area (TPSA) is 35.5 Å². The summed E-state index contributed by atoms with van der Waals surface area (Å²) < 4.78 is 25.7.